The summed E-state index contributed by atoms with van der Waals surface area (Å²) in [6.45, 7) is 0. The van der Waals surface area contributed by atoms with Crippen molar-refractivity contribution < 1.29 is 18.3 Å². The average Bonchev–Trinajstić information content (AvgIpc) is 3.20. The molecule has 1 fully saturated rings. The lowest BCUT2D eigenvalue weighted by molar-refractivity contribution is 0.0392. The van der Waals surface area contributed by atoms with Crippen molar-refractivity contribution in [2.45, 2.75) is 37.8 Å². The molecule has 0 N–H and O–H groups in total. The number of aryl methyl sites for hydroxylation is 1. The summed E-state index contributed by atoms with van der Waals surface area (Å²) in [6.07, 6.45) is 5.04. The first-order chi connectivity index (χ1) is 17.0. The maximum absolute atomic E-state index is 14.3. The van der Waals surface area contributed by atoms with Crippen LogP contribution in [0.5, 0.6) is 5.75 Å². The number of aromatic nitrogens is 3. The van der Waals surface area contributed by atoms with Gasteiger partial charge in [0.15, 0.2) is 11.6 Å². The van der Waals surface area contributed by atoms with Crippen LogP contribution in [0, 0.1) is 11.6 Å². The highest BCUT2D eigenvalue weighted by atomic mass is 19.2. The van der Waals surface area contributed by atoms with Crippen molar-refractivity contribution in [2.24, 2.45) is 7.05 Å². The van der Waals surface area contributed by atoms with E-state index in [0.717, 1.165) is 47.1 Å². The molecule has 2 aliphatic rings. The molecule has 0 spiro atoms. The number of hydrogen-bond acceptors (Lipinski definition) is 4. The van der Waals surface area contributed by atoms with Gasteiger partial charge in [0, 0.05) is 41.4 Å². The minimum atomic E-state index is -1.01. The molecule has 35 heavy (non-hydrogen) atoms. The van der Waals surface area contributed by atoms with Crippen molar-refractivity contribution in [1.29, 1.82) is 0 Å². The average molecular weight is 475 g/mol. The number of nitrogens with zero attached hydrogens (tertiary/aromatic N) is 4. The number of carbonyl (C=O) groups excluding carboxylic acids is 1. The second kappa shape index (κ2) is 8.15. The minimum Gasteiger partial charge on any atom is -0.494 e. The van der Waals surface area contributed by atoms with E-state index in [2.05, 4.69) is 4.98 Å². The molecule has 178 valence electrons. The third-order valence-electron chi connectivity index (χ3n) is 7.25. The predicted molar refractivity (Wildman–Crippen MR) is 127 cm³/mol. The number of methoxy groups -OCH3 is 1. The Bertz CT molecular complexity index is 1480. The Hall–Kier alpha value is -3.81. The molecule has 4 aromatic rings. The van der Waals surface area contributed by atoms with E-state index < -0.39 is 11.6 Å². The maximum atomic E-state index is 14.3. The number of amides is 1. The summed E-state index contributed by atoms with van der Waals surface area (Å²) in [5.41, 5.74) is 4.55. The second-order valence-corrected chi connectivity index (χ2v) is 9.24. The van der Waals surface area contributed by atoms with Gasteiger partial charge in [0.1, 0.15) is 0 Å². The van der Waals surface area contributed by atoms with E-state index in [0.29, 0.717) is 17.5 Å². The van der Waals surface area contributed by atoms with Gasteiger partial charge in [-0.2, -0.15) is 9.49 Å². The van der Waals surface area contributed by atoms with Crippen LogP contribution in [-0.2, 0) is 13.5 Å². The molecule has 2 aliphatic heterocycles. The summed E-state index contributed by atoms with van der Waals surface area (Å²) >= 11 is 0. The van der Waals surface area contributed by atoms with E-state index in [1.165, 1.54) is 19.2 Å². The van der Waals surface area contributed by atoms with Crippen molar-refractivity contribution >= 4 is 16.8 Å². The van der Waals surface area contributed by atoms with Gasteiger partial charge in [-0.1, -0.05) is 6.07 Å². The van der Waals surface area contributed by atoms with Crippen molar-refractivity contribution in [3.05, 3.63) is 77.1 Å². The van der Waals surface area contributed by atoms with Crippen LogP contribution in [0.15, 0.2) is 48.7 Å². The summed E-state index contributed by atoms with van der Waals surface area (Å²) in [5.74, 6) is -2.13. The summed E-state index contributed by atoms with van der Waals surface area (Å²) in [7, 11) is 3.12. The maximum Gasteiger partial charge on any atom is 0.254 e. The standard InChI is InChI=1S/C27H24F2N4O2/c1-32-26(17-12-20(28)24(29)23(13-17)35-2)19-14-18-6-3-7-22(25(19)31-32)33(18)27(34)16-8-9-21-15(11-16)5-4-10-30-21/h4-5,8-13,18,22H,3,6-7,14H2,1-2H3/t18-,22+/m1/s1. The zero-order chi connectivity index (χ0) is 24.3. The third kappa shape index (κ3) is 3.38. The first-order valence-electron chi connectivity index (χ1n) is 11.7. The lowest BCUT2D eigenvalue weighted by atomic mass is 9.81. The Morgan fingerprint density at radius 2 is 2.00 bits per heavy atom. The number of benzene rings is 2. The molecule has 0 radical (unpaired) electrons. The van der Waals surface area contributed by atoms with Crippen molar-refractivity contribution in [2.75, 3.05) is 7.11 Å². The van der Waals surface area contributed by atoms with Gasteiger partial charge < -0.3 is 9.64 Å². The Morgan fingerprint density at radius 1 is 1.14 bits per heavy atom. The molecule has 8 heteroatoms. The van der Waals surface area contributed by atoms with Gasteiger partial charge in [-0.05, 0) is 62.1 Å². The molecule has 1 amide bonds. The van der Waals surface area contributed by atoms with E-state index in [9.17, 15) is 13.6 Å². The smallest absolute Gasteiger partial charge is 0.254 e. The van der Waals surface area contributed by atoms with Gasteiger partial charge in [-0.25, -0.2) is 4.39 Å². The van der Waals surface area contributed by atoms with Crippen molar-refractivity contribution in [1.82, 2.24) is 19.7 Å². The molecule has 2 aromatic heterocycles. The second-order valence-electron chi connectivity index (χ2n) is 9.24. The molecule has 1 saturated heterocycles. The fourth-order valence-electron chi connectivity index (χ4n) is 5.72. The molecule has 2 bridgehead atoms. The van der Waals surface area contributed by atoms with E-state index >= 15 is 0 Å². The predicted octanol–water partition coefficient (Wildman–Crippen LogP) is 5.21. The number of rotatable bonds is 3. The fourth-order valence-corrected chi connectivity index (χ4v) is 5.72. The monoisotopic (exact) mass is 474 g/mol. The van der Waals surface area contributed by atoms with Crippen molar-refractivity contribution in [3.63, 3.8) is 0 Å². The van der Waals surface area contributed by atoms with Crippen LogP contribution < -0.4 is 4.74 Å². The third-order valence-corrected chi connectivity index (χ3v) is 7.25. The Labute approximate surface area is 201 Å². The summed E-state index contributed by atoms with van der Waals surface area (Å²) in [5, 5.41) is 5.71. The van der Waals surface area contributed by atoms with E-state index in [1.54, 1.807) is 17.9 Å². The summed E-state index contributed by atoms with van der Waals surface area (Å²) in [4.78, 5) is 20.1. The van der Waals surface area contributed by atoms with Gasteiger partial charge in [-0.3, -0.25) is 14.5 Å². The number of fused-ring (bicyclic) bond motifs is 5. The van der Waals surface area contributed by atoms with E-state index in [1.807, 2.05) is 35.2 Å². The normalized spacial score (nSPS) is 19.0. The first kappa shape index (κ1) is 21.7. The molecule has 4 heterocycles. The number of piperidine rings is 1. The lowest BCUT2D eigenvalue weighted by Crippen LogP contribution is -2.49. The Balaban J connectivity index is 1.42. The zero-order valence-electron chi connectivity index (χ0n) is 19.5. The molecular formula is C27H24F2N4O2. The summed E-state index contributed by atoms with van der Waals surface area (Å²) < 4.78 is 35.2. The lowest BCUT2D eigenvalue weighted by Gasteiger charge is -2.45. The van der Waals surface area contributed by atoms with Gasteiger partial charge in [-0.15, -0.1) is 0 Å². The number of carbonyl (C=O) groups is 1. The molecule has 6 nitrogen and oxygen atoms in total. The Morgan fingerprint density at radius 3 is 2.83 bits per heavy atom. The van der Waals surface area contributed by atoms with Crippen LogP contribution in [0.25, 0.3) is 22.2 Å². The van der Waals surface area contributed by atoms with Gasteiger partial charge in [0.2, 0.25) is 5.82 Å². The SMILES string of the molecule is COc1cc(-c2c3c(nn2C)[C@@H]2CCC[C@H](C3)N2C(=O)c2ccc3ncccc3c2)cc(F)c1F. The van der Waals surface area contributed by atoms with Crippen LogP contribution in [0.4, 0.5) is 8.78 Å². The number of halogens is 2. The highest BCUT2D eigenvalue weighted by Gasteiger charge is 2.43. The molecular weight excluding hydrogens is 450 g/mol. The highest BCUT2D eigenvalue weighted by molar-refractivity contribution is 5.98. The summed E-state index contributed by atoms with van der Waals surface area (Å²) in [6, 6.07) is 12.0. The first-order valence-corrected chi connectivity index (χ1v) is 11.7. The van der Waals surface area contributed by atoms with Gasteiger partial charge >= 0.3 is 0 Å². The van der Waals surface area contributed by atoms with Crippen LogP contribution in [0.1, 0.15) is 46.9 Å². The van der Waals surface area contributed by atoms with E-state index in [4.69, 9.17) is 9.84 Å². The molecule has 2 atom stereocenters. The van der Waals surface area contributed by atoms with E-state index in [-0.39, 0.29) is 23.7 Å². The van der Waals surface area contributed by atoms with Crippen LogP contribution >= 0.6 is 0 Å². The molecule has 0 saturated carbocycles. The number of hydrogen-bond donors (Lipinski definition) is 0. The Kier molecular flexibility index (Phi) is 5.05. The topological polar surface area (TPSA) is 60.2 Å². The molecule has 6 rings (SSSR count). The molecule has 0 aliphatic carbocycles. The van der Waals surface area contributed by atoms with Gasteiger partial charge in [0.05, 0.1) is 30.1 Å². The minimum absolute atomic E-state index is 0.00786. The van der Waals surface area contributed by atoms with Gasteiger partial charge in [0.25, 0.3) is 5.91 Å². The number of pyridine rings is 1. The molecule has 2 aromatic carbocycles. The number of ether oxygens (including phenoxy) is 1. The quantitative estimate of drug-likeness (QED) is 0.409. The van der Waals surface area contributed by atoms with Crippen LogP contribution in [0.3, 0.4) is 0 Å². The highest BCUT2D eigenvalue weighted by Crippen LogP contribution is 2.45. The van der Waals surface area contributed by atoms with Crippen LogP contribution in [0.2, 0.25) is 0 Å². The molecule has 0 unspecified atom stereocenters. The zero-order valence-corrected chi connectivity index (χ0v) is 19.5. The largest absolute Gasteiger partial charge is 0.494 e. The van der Waals surface area contributed by atoms with Crippen molar-refractivity contribution in [3.8, 4) is 17.0 Å². The fraction of sp³-hybridized carbons (Fsp3) is 0.296. The van der Waals surface area contributed by atoms with Crippen LogP contribution in [-0.4, -0.2) is 38.7 Å².